The zero-order chi connectivity index (χ0) is 20.1. The molecule has 2 aromatic carbocycles. The summed E-state index contributed by atoms with van der Waals surface area (Å²) in [5, 5.41) is 9.10. The van der Waals surface area contributed by atoms with Gasteiger partial charge in [0.15, 0.2) is 5.78 Å². The fraction of sp³-hybridized carbons (Fsp3) is 0.143. The minimum absolute atomic E-state index is 0.0226. The summed E-state index contributed by atoms with van der Waals surface area (Å²) in [6.07, 6.45) is 0. The lowest BCUT2D eigenvalue weighted by molar-refractivity contribution is -0.114. The molecule has 0 aliphatic carbocycles. The minimum atomic E-state index is -0.112. The van der Waals surface area contributed by atoms with Gasteiger partial charge in [-0.1, -0.05) is 0 Å². The lowest BCUT2D eigenvalue weighted by atomic mass is 10.1. The number of nitrogens with one attached hydrogen (secondary N) is 3. The molecule has 0 bridgehead atoms. The van der Waals surface area contributed by atoms with E-state index in [2.05, 4.69) is 25.9 Å². The Kier molecular flexibility index (Phi) is 5.64. The molecule has 3 N–H and O–H groups in total. The average Bonchev–Trinajstić information content (AvgIpc) is 2.63. The Morgan fingerprint density at radius 3 is 1.96 bits per heavy atom. The van der Waals surface area contributed by atoms with Gasteiger partial charge in [-0.05, 0) is 62.4 Å². The molecule has 1 aromatic heterocycles. The third-order valence-corrected chi connectivity index (χ3v) is 3.88. The average molecular weight is 375 g/mol. The zero-order valence-corrected chi connectivity index (χ0v) is 15.9. The number of Topliss-reactive ketones (excluding diaryl/α,β-unsaturated/α-hetero) is 1. The third kappa shape index (κ3) is 5.14. The Bertz CT molecular complexity index is 998. The van der Waals surface area contributed by atoms with Gasteiger partial charge in [-0.2, -0.15) is 4.98 Å². The van der Waals surface area contributed by atoms with Crippen LogP contribution >= 0.6 is 0 Å². The van der Waals surface area contributed by atoms with Crippen molar-refractivity contribution in [3.63, 3.8) is 0 Å². The van der Waals surface area contributed by atoms with Gasteiger partial charge in [0, 0.05) is 41.3 Å². The Morgan fingerprint density at radius 1 is 0.786 bits per heavy atom. The summed E-state index contributed by atoms with van der Waals surface area (Å²) in [7, 11) is 0. The highest BCUT2D eigenvalue weighted by molar-refractivity contribution is 5.94. The first-order valence-electron chi connectivity index (χ1n) is 8.77. The van der Waals surface area contributed by atoms with Crippen molar-refractivity contribution in [1.82, 2.24) is 9.97 Å². The lowest BCUT2D eigenvalue weighted by Gasteiger charge is -2.11. The van der Waals surface area contributed by atoms with Crippen molar-refractivity contribution in [3.05, 3.63) is 65.9 Å². The molecule has 0 fully saturated rings. The molecule has 0 radical (unpaired) electrons. The normalized spacial score (nSPS) is 10.2. The van der Waals surface area contributed by atoms with Gasteiger partial charge in [0.1, 0.15) is 5.82 Å². The van der Waals surface area contributed by atoms with Crippen LogP contribution in [0.25, 0.3) is 0 Å². The third-order valence-electron chi connectivity index (χ3n) is 3.88. The molecule has 0 unspecified atom stereocenters. The smallest absolute Gasteiger partial charge is 0.229 e. The number of aryl methyl sites for hydroxylation is 1. The first-order valence-corrected chi connectivity index (χ1v) is 8.77. The highest BCUT2D eigenvalue weighted by atomic mass is 16.1. The van der Waals surface area contributed by atoms with Crippen molar-refractivity contribution in [2.45, 2.75) is 20.8 Å². The molecule has 7 nitrogen and oxygen atoms in total. The van der Waals surface area contributed by atoms with Crippen LogP contribution in [-0.2, 0) is 4.79 Å². The van der Waals surface area contributed by atoms with Crippen LogP contribution < -0.4 is 16.0 Å². The maximum Gasteiger partial charge on any atom is 0.229 e. The van der Waals surface area contributed by atoms with Gasteiger partial charge in [0.2, 0.25) is 11.9 Å². The summed E-state index contributed by atoms with van der Waals surface area (Å²) in [5.74, 6) is 1.00. The highest BCUT2D eigenvalue weighted by Gasteiger charge is 2.05. The fourth-order valence-electron chi connectivity index (χ4n) is 2.59. The number of rotatable bonds is 6. The van der Waals surface area contributed by atoms with Gasteiger partial charge in [0.25, 0.3) is 0 Å². The second-order valence-electron chi connectivity index (χ2n) is 6.36. The number of amides is 1. The first-order chi connectivity index (χ1) is 13.4. The van der Waals surface area contributed by atoms with Crippen molar-refractivity contribution in [2.75, 3.05) is 16.0 Å². The molecule has 1 amide bonds. The number of carbonyl (C=O) groups excluding carboxylic acids is 2. The van der Waals surface area contributed by atoms with Crippen LogP contribution in [0, 0.1) is 6.92 Å². The predicted molar refractivity (Wildman–Crippen MR) is 111 cm³/mol. The number of hydrogen-bond acceptors (Lipinski definition) is 6. The monoisotopic (exact) mass is 375 g/mol. The predicted octanol–water partition coefficient (Wildman–Crippen LogP) is 4.43. The standard InChI is InChI=1S/C21H21N5O2/c1-13-12-20(24-18-10-8-17(9-11-18)23-15(3)28)26-21(22-13)25-19-6-4-16(5-7-19)14(2)27/h4-12H,1-3H3,(H,23,28)(H2,22,24,25,26). The molecule has 0 saturated carbocycles. The molecule has 0 aliphatic rings. The summed E-state index contributed by atoms with van der Waals surface area (Å²) in [5.41, 5.74) is 3.81. The molecule has 3 rings (SSSR count). The molecular formula is C21H21N5O2. The SMILES string of the molecule is CC(=O)Nc1ccc(Nc2cc(C)nc(Nc3ccc(C(C)=O)cc3)n2)cc1. The number of nitrogens with zero attached hydrogens (tertiary/aromatic N) is 2. The van der Waals surface area contributed by atoms with Crippen molar-refractivity contribution in [3.8, 4) is 0 Å². The first kappa shape index (κ1) is 19.0. The quantitative estimate of drug-likeness (QED) is 0.552. The van der Waals surface area contributed by atoms with Gasteiger partial charge < -0.3 is 16.0 Å². The Hall–Kier alpha value is -3.74. The van der Waals surface area contributed by atoms with Crippen LogP contribution in [0.5, 0.6) is 0 Å². The summed E-state index contributed by atoms with van der Waals surface area (Å²) in [4.78, 5) is 31.4. The topological polar surface area (TPSA) is 96.0 Å². The van der Waals surface area contributed by atoms with Crippen molar-refractivity contribution in [2.24, 2.45) is 0 Å². The lowest BCUT2D eigenvalue weighted by Crippen LogP contribution is -2.05. The number of aromatic nitrogens is 2. The minimum Gasteiger partial charge on any atom is -0.340 e. The van der Waals surface area contributed by atoms with E-state index in [4.69, 9.17) is 0 Å². The van der Waals surface area contributed by atoms with Crippen LogP contribution in [0.1, 0.15) is 29.9 Å². The fourth-order valence-corrected chi connectivity index (χ4v) is 2.59. The van der Waals surface area contributed by atoms with E-state index in [9.17, 15) is 9.59 Å². The van der Waals surface area contributed by atoms with Crippen LogP contribution in [0.4, 0.5) is 28.8 Å². The summed E-state index contributed by atoms with van der Waals surface area (Å²) >= 11 is 0. The highest BCUT2D eigenvalue weighted by Crippen LogP contribution is 2.21. The molecule has 3 aromatic rings. The Labute approximate surface area is 163 Å². The largest absolute Gasteiger partial charge is 0.340 e. The molecule has 1 heterocycles. The molecule has 0 spiro atoms. The molecule has 7 heteroatoms. The number of hydrogen-bond donors (Lipinski definition) is 3. The summed E-state index contributed by atoms with van der Waals surface area (Å²) in [6.45, 7) is 4.89. The van der Waals surface area contributed by atoms with Gasteiger partial charge in [-0.25, -0.2) is 4.98 Å². The molecule has 0 atom stereocenters. The molecular weight excluding hydrogens is 354 g/mol. The second-order valence-corrected chi connectivity index (χ2v) is 6.36. The summed E-state index contributed by atoms with van der Waals surface area (Å²) < 4.78 is 0. The van der Waals surface area contributed by atoms with Crippen molar-refractivity contribution < 1.29 is 9.59 Å². The van der Waals surface area contributed by atoms with E-state index in [1.165, 1.54) is 13.8 Å². The Balaban J connectivity index is 1.73. The second kappa shape index (κ2) is 8.30. The number of anilines is 5. The molecule has 28 heavy (non-hydrogen) atoms. The number of carbonyl (C=O) groups is 2. The van der Waals surface area contributed by atoms with E-state index in [1.54, 1.807) is 12.1 Å². The van der Waals surface area contributed by atoms with E-state index in [-0.39, 0.29) is 11.7 Å². The van der Waals surface area contributed by atoms with E-state index in [0.717, 1.165) is 22.8 Å². The van der Waals surface area contributed by atoms with Gasteiger partial charge in [0.05, 0.1) is 0 Å². The van der Waals surface area contributed by atoms with E-state index in [0.29, 0.717) is 17.3 Å². The van der Waals surface area contributed by atoms with E-state index >= 15 is 0 Å². The molecule has 0 aliphatic heterocycles. The number of benzene rings is 2. The molecule has 0 saturated heterocycles. The van der Waals surface area contributed by atoms with Crippen LogP contribution in [0.15, 0.2) is 54.6 Å². The zero-order valence-electron chi connectivity index (χ0n) is 15.9. The van der Waals surface area contributed by atoms with Gasteiger partial charge >= 0.3 is 0 Å². The number of ketones is 1. The van der Waals surface area contributed by atoms with Gasteiger partial charge in [-0.15, -0.1) is 0 Å². The molecule has 142 valence electrons. The van der Waals surface area contributed by atoms with E-state index in [1.807, 2.05) is 49.4 Å². The van der Waals surface area contributed by atoms with Gasteiger partial charge in [-0.3, -0.25) is 9.59 Å². The van der Waals surface area contributed by atoms with Crippen LogP contribution in [-0.4, -0.2) is 21.7 Å². The maximum atomic E-state index is 11.4. The maximum absolute atomic E-state index is 11.4. The van der Waals surface area contributed by atoms with Crippen molar-refractivity contribution in [1.29, 1.82) is 0 Å². The summed E-state index contributed by atoms with van der Waals surface area (Å²) in [6, 6.07) is 16.3. The van der Waals surface area contributed by atoms with Crippen LogP contribution in [0.3, 0.4) is 0 Å². The van der Waals surface area contributed by atoms with Crippen molar-refractivity contribution >= 4 is 40.5 Å². The Morgan fingerprint density at radius 2 is 1.36 bits per heavy atom. The van der Waals surface area contributed by atoms with E-state index < -0.39 is 0 Å². The van der Waals surface area contributed by atoms with Crippen LogP contribution in [0.2, 0.25) is 0 Å².